The number of nitrogens with one attached hydrogen (secondary N) is 1. The highest BCUT2D eigenvalue weighted by atomic mass is 35.5. The smallest absolute Gasteiger partial charge is 0.341 e. The maximum absolute atomic E-state index is 11.6. The first-order chi connectivity index (χ1) is 11.8. The lowest BCUT2D eigenvalue weighted by molar-refractivity contribution is -0.138. The van der Waals surface area contributed by atoms with Gasteiger partial charge in [-0.2, -0.15) is 0 Å². The van der Waals surface area contributed by atoms with Crippen molar-refractivity contribution in [2.75, 3.05) is 37.7 Å². The molecule has 2 rings (SSSR count). The molecule has 7 nitrogen and oxygen atoms in total. The first-order valence-electron chi connectivity index (χ1n) is 8.19. The van der Waals surface area contributed by atoms with Crippen LogP contribution in [0.25, 0.3) is 0 Å². The number of anilines is 1. The number of aromatic nitrogens is 1. The summed E-state index contributed by atoms with van der Waals surface area (Å²) in [5.74, 6) is 0.372. The molecule has 1 aromatic rings. The average Bonchev–Trinajstić information content (AvgIpc) is 2.55. The fourth-order valence-corrected chi connectivity index (χ4v) is 2.23. The first-order valence-corrected chi connectivity index (χ1v) is 8.57. The van der Waals surface area contributed by atoms with E-state index < -0.39 is 5.97 Å². The highest BCUT2D eigenvalue weighted by molar-refractivity contribution is 6.32. The third-order valence-electron chi connectivity index (χ3n) is 3.17. The van der Waals surface area contributed by atoms with Gasteiger partial charge in [-0.05, 0) is 39.8 Å². The van der Waals surface area contributed by atoms with Crippen LogP contribution in [0, 0.1) is 0 Å². The van der Waals surface area contributed by atoms with Crippen molar-refractivity contribution in [2.24, 2.45) is 0 Å². The van der Waals surface area contributed by atoms with Crippen molar-refractivity contribution in [3.63, 3.8) is 0 Å². The van der Waals surface area contributed by atoms with E-state index in [9.17, 15) is 9.59 Å². The molecule has 1 aromatic heterocycles. The zero-order chi connectivity index (χ0) is 18.9. The van der Waals surface area contributed by atoms with E-state index in [1.165, 1.54) is 0 Å². The molecule has 2 heterocycles. The molecule has 140 valence electrons. The van der Waals surface area contributed by atoms with Crippen LogP contribution in [0.15, 0.2) is 12.1 Å². The predicted octanol–water partition coefficient (Wildman–Crippen LogP) is 2.28. The number of halogens is 1. The second kappa shape index (κ2) is 10.2. The Morgan fingerprint density at radius 3 is 2.44 bits per heavy atom. The van der Waals surface area contributed by atoms with E-state index in [0.29, 0.717) is 18.6 Å². The number of hydrogen-bond donors (Lipinski definition) is 1. The van der Waals surface area contributed by atoms with Crippen molar-refractivity contribution in [2.45, 2.75) is 33.3 Å². The van der Waals surface area contributed by atoms with E-state index in [2.05, 4.69) is 19.9 Å². The highest BCUT2D eigenvalue weighted by Gasteiger charge is 2.17. The van der Waals surface area contributed by atoms with Crippen molar-refractivity contribution in [3.8, 4) is 0 Å². The summed E-state index contributed by atoms with van der Waals surface area (Å²) >= 11 is 6.02. The van der Waals surface area contributed by atoms with Crippen LogP contribution in [0.5, 0.6) is 0 Å². The number of carbonyl (C=O) groups excluding carboxylic acids is 2. The number of ether oxygens (including phenoxy) is 2. The number of esters is 1. The van der Waals surface area contributed by atoms with E-state index >= 15 is 0 Å². The summed E-state index contributed by atoms with van der Waals surface area (Å²) in [6, 6.07) is 3.48. The zero-order valence-electron chi connectivity index (χ0n) is 15.2. The van der Waals surface area contributed by atoms with Gasteiger partial charge in [-0.15, -0.1) is 0 Å². The lowest BCUT2D eigenvalue weighted by Crippen LogP contribution is -2.43. The van der Waals surface area contributed by atoms with Crippen LogP contribution in [0.4, 0.5) is 5.82 Å². The van der Waals surface area contributed by atoms with E-state index in [1.54, 1.807) is 13.0 Å². The number of rotatable bonds is 4. The summed E-state index contributed by atoms with van der Waals surface area (Å²) in [7, 11) is 0. The van der Waals surface area contributed by atoms with E-state index in [-0.39, 0.29) is 10.8 Å². The molecule has 8 heteroatoms. The summed E-state index contributed by atoms with van der Waals surface area (Å²) in [5, 5.41) is 3.47. The van der Waals surface area contributed by atoms with Gasteiger partial charge in [-0.3, -0.25) is 4.79 Å². The average molecular weight is 372 g/mol. The van der Waals surface area contributed by atoms with Crippen LogP contribution in [-0.2, 0) is 14.3 Å². The SMILES string of the molecule is CC(C)(C)OC=O.CCOC(=O)c1ccc(N2CCNCC2)nc1Cl. The molecule has 0 atom stereocenters. The Balaban J connectivity index is 0.000000381. The van der Waals surface area contributed by atoms with Gasteiger partial charge in [0.15, 0.2) is 0 Å². The molecular weight excluding hydrogens is 346 g/mol. The number of carbonyl (C=O) groups is 2. The van der Waals surface area contributed by atoms with Gasteiger partial charge in [-0.1, -0.05) is 11.6 Å². The standard InChI is InChI=1S/C12H16ClN3O2.C5H10O2/c1-2-18-12(17)9-3-4-10(15-11(9)13)16-7-5-14-6-8-16;1-5(2,3)7-4-6/h3-4,14H,2,5-8H2,1H3;4H,1-3H3. The van der Waals surface area contributed by atoms with Gasteiger partial charge in [0.05, 0.1) is 12.2 Å². The summed E-state index contributed by atoms with van der Waals surface area (Å²) < 4.78 is 9.46. The second-order valence-corrected chi connectivity index (χ2v) is 6.65. The van der Waals surface area contributed by atoms with Gasteiger partial charge in [0.1, 0.15) is 16.6 Å². The summed E-state index contributed by atoms with van der Waals surface area (Å²) in [6.07, 6.45) is 0. The Morgan fingerprint density at radius 1 is 1.36 bits per heavy atom. The normalized spacial score (nSPS) is 14.2. The molecule has 1 saturated heterocycles. The number of pyridine rings is 1. The summed E-state index contributed by atoms with van der Waals surface area (Å²) in [5.41, 5.74) is -0.000670. The molecule has 25 heavy (non-hydrogen) atoms. The minimum atomic E-state index is -0.429. The summed E-state index contributed by atoms with van der Waals surface area (Å²) in [6.45, 7) is 11.6. The fraction of sp³-hybridized carbons (Fsp3) is 0.588. The zero-order valence-corrected chi connectivity index (χ0v) is 15.9. The Bertz CT molecular complexity index is 570. The predicted molar refractivity (Wildman–Crippen MR) is 97.2 cm³/mol. The van der Waals surface area contributed by atoms with Gasteiger partial charge in [0, 0.05) is 26.2 Å². The van der Waals surface area contributed by atoms with Crippen molar-refractivity contribution >= 4 is 29.9 Å². The second-order valence-electron chi connectivity index (χ2n) is 6.29. The van der Waals surface area contributed by atoms with Crippen molar-refractivity contribution < 1.29 is 19.1 Å². The van der Waals surface area contributed by atoms with Gasteiger partial charge >= 0.3 is 5.97 Å². The van der Waals surface area contributed by atoms with Gasteiger partial charge in [-0.25, -0.2) is 9.78 Å². The monoisotopic (exact) mass is 371 g/mol. The molecule has 1 aliphatic heterocycles. The molecule has 1 fully saturated rings. The largest absolute Gasteiger partial charge is 0.462 e. The maximum atomic E-state index is 11.6. The van der Waals surface area contributed by atoms with E-state index in [1.807, 2.05) is 26.8 Å². The number of nitrogens with zero attached hydrogens (tertiary/aromatic N) is 2. The Morgan fingerprint density at radius 2 is 2.00 bits per heavy atom. The van der Waals surface area contributed by atoms with Crippen LogP contribution < -0.4 is 10.2 Å². The number of piperazine rings is 1. The quantitative estimate of drug-likeness (QED) is 0.494. The van der Waals surface area contributed by atoms with Crippen LogP contribution in [0.2, 0.25) is 5.15 Å². The van der Waals surface area contributed by atoms with Crippen molar-refractivity contribution in [3.05, 3.63) is 22.8 Å². The molecule has 0 aromatic carbocycles. The molecule has 0 unspecified atom stereocenters. The third-order valence-corrected chi connectivity index (χ3v) is 3.46. The van der Waals surface area contributed by atoms with Crippen LogP contribution in [0.3, 0.4) is 0 Å². The van der Waals surface area contributed by atoms with Crippen LogP contribution in [-0.4, -0.2) is 55.8 Å². The Hall–Kier alpha value is -1.86. The van der Waals surface area contributed by atoms with Crippen LogP contribution in [0.1, 0.15) is 38.1 Å². The van der Waals surface area contributed by atoms with Gasteiger partial charge in [0.2, 0.25) is 0 Å². The van der Waals surface area contributed by atoms with Gasteiger partial charge < -0.3 is 19.7 Å². The maximum Gasteiger partial charge on any atom is 0.341 e. The molecule has 1 N–H and O–H groups in total. The molecule has 1 aliphatic rings. The lowest BCUT2D eigenvalue weighted by Gasteiger charge is -2.28. The molecule has 0 aliphatic carbocycles. The topological polar surface area (TPSA) is 80.8 Å². The molecule has 0 bridgehead atoms. The summed E-state index contributed by atoms with van der Waals surface area (Å²) in [4.78, 5) is 27.6. The van der Waals surface area contributed by atoms with Crippen LogP contribution >= 0.6 is 11.6 Å². The van der Waals surface area contributed by atoms with E-state index in [4.69, 9.17) is 16.3 Å². The highest BCUT2D eigenvalue weighted by Crippen LogP contribution is 2.20. The molecule has 0 amide bonds. The lowest BCUT2D eigenvalue weighted by atomic mass is 10.2. The minimum absolute atomic E-state index is 0.199. The molecular formula is C17H26ClN3O4. The van der Waals surface area contributed by atoms with Gasteiger partial charge in [0.25, 0.3) is 6.47 Å². The van der Waals surface area contributed by atoms with Crippen molar-refractivity contribution in [1.82, 2.24) is 10.3 Å². The molecule has 0 saturated carbocycles. The Labute approximate surface area is 153 Å². The first kappa shape index (κ1) is 21.2. The van der Waals surface area contributed by atoms with Crippen molar-refractivity contribution in [1.29, 1.82) is 0 Å². The molecule has 0 spiro atoms. The number of hydrogen-bond acceptors (Lipinski definition) is 7. The fourth-order valence-electron chi connectivity index (χ4n) is 2.00. The van der Waals surface area contributed by atoms with E-state index in [0.717, 1.165) is 32.0 Å². The minimum Gasteiger partial charge on any atom is -0.462 e. The Kier molecular flexibility index (Phi) is 8.65. The molecule has 0 radical (unpaired) electrons. The third kappa shape index (κ3) is 7.70.